The van der Waals surface area contributed by atoms with Crippen LogP contribution in [-0.4, -0.2) is 22.5 Å². The van der Waals surface area contributed by atoms with Gasteiger partial charge in [-0.1, -0.05) is 24.3 Å². The topological polar surface area (TPSA) is 33.1 Å². The predicted octanol–water partition coefficient (Wildman–Crippen LogP) is 2.46. The molecule has 0 bridgehead atoms. The minimum absolute atomic E-state index is 0.239. The van der Waals surface area contributed by atoms with Crippen LogP contribution < -0.4 is 0 Å². The van der Waals surface area contributed by atoms with Crippen LogP contribution >= 0.6 is 11.8 Å². The molecule has 0 atom stereocenters. The average molecular weight is 219 g/mol. The molecule has 0 saturated heterocycles. The third-order valence-corrected chi connectivity index (χ3v) is 3.20. The highest BCUT2D eigenvalue weighted by atomic mass is 32.2. The highest BCUT2D eigenvalue weighted by molar-refractivity contribution is 7.98. The molecule has 1 aromatic heterocycles. The number of aromatic nitrogens is 1. The first-order chi connectivity index (χ1) is 7.42. The normalized spacial score (nSPS) is 10.7. The van der Waals surface area contributed by atoms with Crippen LogP contribution in [0.5, 0.6) is 0 Å². The van der Waals surface area contributed by atoms with Gasteiger partial charge in [-0.25, -0.2) is 0 Å². The van der Waals surface area contributed by atoms with Crippen molar-refractivity contribution >= 4 is 22.7 Å². The van der Waals surface area contributed by atoms with Crippen molar-refractivity contribution in [3.8, 4) is 0 Å². The summed E-state index contributed by atoms with van der Waals surface area (Å²) in [6, 6.07) is 10.2. The minimum Gasteiger partial charge on any atom is -0.396 e. The molecular formula is C12H13NOS. The fraction of sp³-hybridized carbons (Fsp3) is 0.250. The lowest BCUT2D eigenvalue weighted by Gasteiger charge is -2.04. The van der Waals surface area contributed by atoms with Crippen LogP contribution in [0.15, 0.2) is 36.5 Å². The fourth-order valence-corrected chi connectivity index (χ4v) is 2.26. The fourth-order valence-electron chi connectivity index (χ4n) is 1.53. The molecule has 0 saturated carbocycles. The molecule has 15 heavy (non-hydrogen) atoms. The maximum atomic E-state index is 8.72. The van der Waals surface area contributed by atoms with Crippen LogP contribution in [0.25, 0.3) is 10.9 Å². The van der Waals surface area contributed by atoms with Crippen molar-refractivity contribution < 1.29 is 5.11 Å². The molecular weight excluding hydrogens is 206 g/mol. The number of pyridine rings is 1. The first-order valence-electron chi connectivity index (χ1n) is 4.93. The Morgan fingerprint density at radius 2 is 2.07 bits per heavy atom. The van der Waals surface area contributed by atoms with Gasteiger partial charge in [-0.2, -0.15) is 11.8 Å². The molecule has 0 amide bonds. The summed E-state index contributed by atoms with van der Waals surface area (Å²) in [7, 11) is 0. The Labute approximate surface area is 93.3 Å². The summed E-state index contributed by atoms with van der Waals surface area (Å²) >= 11 is 1.73. The van der Waals surface area contributed by atoms with Gasteiger partial charge in [0.05, 0.1) is 12.1 Å². The lowest BCUT2D eigenvalue weighted by atomic mass is 10.1. The second-order valence-electron chi connectivity index (χ2n) is 3.27. The van der Waals surface area contributed by atoms with E-state index in [0.717, 1.165) is 17.0 Å². The van der Waals surface area contributed by atoms with Gasteiger partial charge in [0, 0.05) is 23.1 Å². The van der Waals surface area contributed by atoms with Crippen LogP contribution in [0.1, 0.15) is 5.56 Å². The molecule has 2 aromatic rings. The molecule has 3 heteroatoms. The van der Waals surface area contributed by atoms with Gasteiger partial charge in [0.2, 0.25) is 0 Å². The lowest BCUT2D eigenvalue weighted by molar-refractivity contribution is 0.322. The summed E-state index contributed by atoms with van der Waals surface area (Å²) in [6.07, 6.45) is 1.82. The Kier molecular flexibility index (Phi) is 3.59. The van der Waals surface area contributed by atoms with E-state index in [4.69, 9.17) is 5.11 Å². The second kappa shape index (κ2) is 5.14. The summed E-state index contributed by atoms with van der Waals surface area (Å²) in [4.78, 5) is 4.38. The molecule has 78 valence electrons. The van der Waals surface area contributed by atoms with Crippen molar-refractivity contribution in [2.45, 2.75) is 5.75 Å². The van der Waals surface area contributed by atoms with Gasteiger partial charge < -0.3 is 5.11 Å². The summed E-state index contributed by atoms with van der Waals surface area (Å²) in [5, 5.41) is 9.90. The zero-order chi connectivity index (χ0) is 10.5. The Hall–Kier alpha value is -1.06. The van der Waals surface area contributed by atoms with Gasteiger partial charge in [0.15, 0.2) is 0 Å². The highest BCUT2D eigenvalue weighted by Crippen LogP contribution is 2.20. The maximum absolute atomic E-state index is 8.72. The third kappa shape index (κ3) is 2.49. The van der Waals surface area contributed by atoms with E-state index in [1.54, 1.807) is 11.8 Å². The second-order valence-corrected chi connectivity index (χ2v) is 4.37. The van der Waals surface area contributed by atoms with E-state index in [9.17, 15) is 0 Å². The third-order valence-electron chi connectivity index (χ3n) is 2.21. The standard InChI is InChI=1S/C12H13NOS/c14-7-8-15-9-11-4-1-3-10-5-2-6-13-12(10)11/h1-6,14H,7-9H2. The minimum atomic E-state index is 0.239. The summed E-state index contributed by atoms with van der Waals surface area (Å²) in [6.45, 7) is 0.239. The Morgan fingerprint density at radius 3 is 2.93 bits per heavy atom. The molecule has 0 unspecified atom stereocenters. The smallest absolute Gasteiger partial charge is 0.0742 e. The van der Waals surface area contributed by atoms with Gasteiger partial charge in [0.25, 0.3) is 0 Å². The number of thioether (sulfide) groups is 1. The number of para-hydroxylation sites is 1. The SMILES string of the molecule is OCCSCc1cccc2cccnc12. The van der Waals surface area contributed by atoms with E-state index in [1.807, 2.05) is 12.3 Å². The number of nitrogens with zero attached hydrogens (tertiary/aromatic N) is 1. The molecule has 1 heterocycles. The van der Waals surface area contributed by atoms with Crippen molar-refractivity contribution in [3.63, 3.8) is 0 Å². The summed E-state index contributed by atoms with van der Waals surface area (Å²) < 4.78 is 0. The summed E-state index contributed by atoms with van der Waals surface area (Å²) in [5.74, 6) is 1.69. The van der Waals surface area contributed by atoms with Gasteiger partial charge in [0.1, 0.15) is 0 Å². The van der Waals surface area contributed by atoms with Crippen molar-refractivity contribution in [3.05, 3.63) is 42.1 Å². The zero-order valence-corrected chi connectivity index (χ0v) is 9.20. The van der Waals surface area contributed by atoms with E-state index >= 15 is 0 Å². The molecule has 2 nitrogen and oxygen atoms in total. The Bertz CT molecular complexity index is 439. The van der Waals surface area contributed by atoms with Gasteiger partial charge in [-0.15, -0.1) is 0 Å². The number of aliphatic hydroxyl groups is 1. The largest absolute Gasteiger partial charge is 0.396 e. The van der Waals surface area contributed by atoms with E-state index in [2.05, 4.69) is 29.2 Å². The van der Waals surface area contributed by atoms with Gasteiger partial charge in [-0.3, -0.25) is 4.98 Å². The van der Waals surface area contributed by atoms with E-state index in [-0.39, 0.29) is 6.61 Å². The van der Waals surface area contributed by atoms with Crippen LogP contribution in [-0.2, 0) is 5.75 Å². The van der Waals surface area contributed by atoms with Crippen molar-refractivity contribution in [2.75, 3.05) is 12.4 Å². The van der Waals surface area contributed by atoms with Crippen LogP contribution in [0.2, 0.25) is 0 Å². The highest BCUT2D eigenvalue weighted by Gasteiger charge is 2.00. The van der Waals surface area contributed by atoms with Gasteiger partial charge in [-0.05, 0) is 11.6 Å². The summed E-state index contributed by atoms with van der Waals surface area (Å²) in [5.41, 5.74) is 2.32. The number of rotatable bonds is 4. The predicted molar refractivity (Wildman–Crippen MR) is 65.0 cm³/mol. The quantitative estimate of drug-likeness (QED) is 0.802. The first-order valence-corrected chi connectivity index (χ1v) is 6.08. The average Bonchev–Trinajstić information content (AvgIpc) is 2.30. The molecule has 1 aromatic carbocycles. The number of fused-ring (bicyclic) bond motifs is 1. The number of hydrogen-bond acceptors (Lipinski definition) is 3. The van der Waals surface area contributed by atoms with Crippen LogP contribution in [0, 0.1) is 0 Å². The molecule has 0 radical (unpaired) electrons. The van der Waals surface area contributed by atoms with Crippen LogP contribution in [0.4, 0.5) is 0 Å². The molecule has 0 aliphatic heterocycles. The van der Waals surface area contributed by atoms with Crippen molar-refractivity contribution in [1.29, 1.82) is 0 Å². The van der Waals surface area contributed by atoms with Crippen molar-refractivity contribution in [2.24, 2.45) is 0 Å². The van der Waals surface area contributed by atoms with Crippen LogP contribution in [0.3, 0.4) is 0 Å². The Balaban J connectivity index is 2.26. The molecule has 1 N–H and O–H groups in total. The molecule has 0 fully saturated rings. The lowest BCUT2D eigenvalue weighted by Crippen LogP contribution is -1.90. The zero-order valence-electron chi connectivity index (χ0n) is 8.39. The van der Waals surface area contributed by atoms with Gasteiger partial charge >= 0.3 is 0 Å². The monoisotopic (exact) mass is 219 g/mol. The van der Waals surface area contributed by atoms with E-state index in [0.29, 0.717) is 0 Å². The number of benzene rings is 1. The molecule has 0 aliphatic carbocycles. The molecule has 0 aliphatic rings. The van der Waals surface area contributed by atoms with E-state index in [1.165, 1.54) is 10.9 Å². The Morgan fingerprint density at radius 1 is 1.20 bits per heavy atom. The number of hydrogen-bond donors (Lipinski definition) is 1. The number of aliphatic hydroxyl groups excluding tert-OH is 1. The molecule has 0 spiro atoms. The first kappa shape index (κ1) is 10.5. The maximum Gasteiger partial charge on any atom is 0.0742 e. The molecule has 2 rings (SSSR count). The van der Waals surface area contributed by atoms with E-state index < -0.39 is 0 Å². The van der Waals surface area contributed by atoms with Crippen molar-refractivity contribution in [1.82, 2.24) is 4.98 Å².